The van der Waals surface area contributed by atoms with Crippen molar-refractivity contribution in [3.8, 4) is 28.3 Å². The van der Waals surface area contributed by atoms with Gasteiger partial charge < -0.3 is 5.11 Å². The summed E-state index contributed by atoms with van der Waals surface area (Å²) in [5.74, 6) is 1.05. The Bertz CT molecular complexity index is 2270. The van der Waals surface area contributed by atoms with Crippen molar-refractivity contribution in [2.24, 2.45) is 0 Å². The van der Waals surface area contributed by atoms with Crippen LogP contribution in [0, 0.1) is 0 Å². The van der Waals surface area contributed by atoms with Crippen LogP contribution in [0.4, 0.5) is 17.2 Å². The number of pyridine rings is 2. The molecule has 0 unspecified atom stereocenters. The molecular formula is C38H25N3OS. The zero-order chi connectivity index (χ0) is 28.8. The summed E-state index contributed by atoms with van der Waals surface area (Å²) >= 11 is 1.75. The zero-order valence-corrected chi connectivity index (χ0v) is 23.9. The van der Waals surface area contributed by atoms with Crippen LogP contribution in [0.3, 0.4) is 0 Å². The molecule has 8 aromatic rings. The average Bonchev–Trinajstić information content (AvgIpc) is 3.44. The SMILES string of the molecule is Oc1ccccc1-c1cc2c(sc3ccccc32)c(-c2cccc(N(c3ccccn3)c3cccc4ccccc34)c2)n1. The highest BCUT2D eigenvalue weighted by atomic mass is 32.1. The topological polar surface area (TPSA) is 49.2 Å². The molecule has 0 fully saturated rings. The lowest BCUT2D eigenvalue weighted by Crippen LogP contribution is -2.12. The van der Waals surface area contributed by atoms with Crippen molar-refractivity contribution in [1.82, 2.24) is 9.97 Å². The fourth-order valence-corrected chi connectivity index (χ4v) is 7.02. The molecular weight excluding hydrogens is 547 g/mol. The van der Waals surface area contributed by atoms with E-state index >= 15 is 0 Å². The molecule has 4 nitrogen and oxygen atoms in total. The number of thiophene rings is 1. The van der Waals surface area contributed by atoms with Gasteiger partial charge in [-0.2, -0.15) is 0 Å². The van der Waals surface area contributed by atoms with E-state index in [4.69, 9.17) is 9.97 Å². The summed E-state index contributed by atoms with van der Waals surface area (Å²) in [4.78, 5) is 12.2. The lowest BCUT2D eigenvalue weighted by molar-refractivity contribution is 0.477. The number of phenolic OH excluding ortho intramolecular Hbond substituents is 1. The summed E-state index contributed by atoms with van der Waals surface area (Å²) < 4.78 is 2.32. The number of aromatic hydroxyl groups is 1. The zero-order valence-electron chi connectivity index (χ0n) is 23.1. The molecule has 0 atom stereocenters. The molecule has 0 bridgehead atoms. The van der Waals surface area contributed by atoms with Gasteiger partial charge in [-0.3, -0.25) is 4.90 Å². The molecule has 5 aromatic carbocycles. The minimum absolute atomic E-state index is 0.214. The lowest BCUT2D eigenvalue weighted by atomic mass is 10.0. The first-order valence-corrected chi connectivity index (χ1v) is 15.0. The van der Waals surface area contributed by atoms with E-state index in [9.17, 15) is 5.11 Å². The third kappa shape index (κ3) is 4.38. The molecule has 204 valence electrons. The Hall–Kier alpha value is -5.52. The Morgan fingerprint density at radius 2 is 1.40 bits per heavy atom. The van der Waals surface area contributed by atoms with Gasteiger partial charge in [0.2, 0.25) is 0 Å². The highest BCUT2D eigenvalue weighted by Gasteiger charge is 2.20. The molecule has 0 aliphatic heterocycles. The van der Waals surface area contributed by atoms with Crippen LogP contribution in [-0.2, 0) is 0 Å². The predicted octanol–water partition coefficient (Wildman–Crippen LogP) is 10.5. The van der Waals surface area contributed by atoms with E-state index in [0.29, 0.717) is 5.56 Å². The van der Waals surface area contributed by atoms with Gasteiger partial charge >= 0.3 is 0 Å². The molecule has 0 saturated heterocycles. The molecule has 1 N–H and O–H groups in total. The summed E-state index contributed by atoms with van der Waals surface area (Å²) in [5, 5.41) is 15.4. The van der Waals surface area contributed by atoms with Crippen LogP contribution in [0.2, 0.25) is 0 Å². The normalized spacial score (nSPS) is 11.3. The second-order valence-corrected chi connectivity index (χ2v) is 11.5. The number of hydrogen-bond donors (Lipinski definition) is 1. The number of para-hydroxylation sites is 1. The Kier molecular flexibility index (Phi) is 6.09. The van der Waals surface area contributed by atoms with Crippen molar-refractivity contribution in [2.75, 3.05) is 4.90 Å². The first-order chi connectivity index (χ1) is 21.2. The van der Waals surface area contributed by atoms with E-state index in [2.05, 4.69) is 102 Å². The maximum Gasteiger partial charge on any atom is 0.137 e. The number of rotatable bonds is 5. The van der Waals surface area contributed by atoms with Gasteiger partial charge in [0.05, 0.1) is 21.8 Å². The van der Waals surface area contributed by atoms with Crippen LogP contribution in [0.25, 0.3) is 53.5 Å². The second-order valence-electron chi connectivity index (χ2n) is 10.4. The molecule has 0 aliphatic carbocycles. The molecule has 8 rings (SSSR count). The Labute approximate surface area is 252 Å². The second kappa shape index (κ2) is 10.4. The summed E-state index contributed by atoms with van der Waals surface area (Å²) in [6.07, 6.45) is 1.83. The average molecular weight is 572 g/mol. The number of fused-ring (bicyclic) bond motifs is 4. The number of hydrogen-bond acceptors (Lipinski definition) is 5. The summed E-state index contributed by atoms with van der Waals surface area (Å²) in [6, 6.07) is 47.3. The highest BCUT2D eigenvalue weighted by Crippen LogP contribution is 2.44. The van der Waals surface area contributed by atoms with Crippen molar-refractivity contribution in [3.63, 3.8) is 0 Å². The fourth-order valence-electron chi connectivity index (χ4n) is 5.83. The molecule has 0 spiro atoms. The third-order valence-corrected chi connectivity index (χ3v) is 9.00. The lowest BCUT2D eigenvalue weighted by Gasteiger charge is -2.26. The molecule has 0 aliphatic rings. The van der Waals surface area contributed by atoms with Crippen molar-refractivity contribution in [3.05, 3.63) is 146 Å². The molecule has 0 amide bonds. The van der Waals surface area contributed by atoms with Crippen molar-refractivity contribution in [2.45, 2.75) is 0 Å². The number of phenols is 1. The van der Waals surface area contributed by atoms with Crippen molar-refractivity contribution >= 4 is 59.5 Å². The Morgan fingerprint density at radius 1 is 0.628 bits per heavy atom. The van der Waals surface area contributed by atoms with Gasteiger partial charge in [-0.15, -0.1) is 11.3 Å². The molecule has 43 heavy (non-hydrogen) atoms. The summed E-state index contributed by atoms with van der Waals surface area (Å²) in [7, 11) is 0. The largest absolute Gasteiger partial charge is 0.507 e. The van der Waals surface area contributed by atoms with Crippen LogP contribution < -0.4 is 4.90 Å². The number of aromatic nitrogens is 2. The van der Waals surface area contributed by atoms with Crippen LogP contribution >= 0.6 is 11.3 Å². The summed E-state index contributed by atoms with van der Waals surface area (Å²) in [5.41, 5.74) is 5.37. The smallest absolute Gasteiger partial charge is 0.137 e. The van der Waals surface area contributed by atoms with Gasteiger partial charge in [-0.25, -0.2) is 9.97 Å². The van der Waals surface area contributed by atoms with Crippen molar-refractivity contribution in [1.29, 1.82) is 0 Å². The fraction of sp³-hybridized carbons (Fsp3) is 0. The first-order valence-electron chi connectivity index (χ1n) is 14.1. The first kappa shape index (κ1) is 25.2. The number of anilines is 3. The number of benzene rings is 5. The Morgan fingerprint density at radius 3 is 2.28 bits per heavy atom. The number of nitrogens with zero attached hydrogens (tertiary/aromatic N) is 3. The van der Waals surface area contributed by atoms with E-state index in [-0.39, 0.29) is 5.75 Å². The van der Waals surface area contributed by atoms with Crippen LogP contribution in [0.5, 0.6) is 5.75 Å². The van der Waals surface area contributed by atoms with Gasteiger partial charge in [0.1, 0.15) is 11.6 Å². The van der Waals surface area contributed by atoms with Crippen LogP contribution in [0.1, 0.15) is 0 Å². The highest BCUT2D eigenvalue weighted by molar-refractivity contribution is 7.26. The Balaban J connectivity index is 1.38. The summed E-state index contributed by atoms with van der Waals surface area (Å²) in [6.45, 7) is 0. The van der Waals surface area contributed by atoms with E-state index < -0.39 is 0 Å². The predicted molar refractivity (Wildman–Crippen MR) is 180 cm³/mol. The van der Waals surface area contributed by atoms with E-state index in [1.165, 1.54) is 15.5 Å². The monoisotopic (exact) mass is 571 g/mol. The quantitative estimate of drug-likeness (QED) is 0.223. The van der Waals surface area contributed by atoms with Gasteiger partial charge in [-0.1, -0.05) is 84.9 Å². The van der Waals surface area contributed by atoms with Gasteiger partial charge in [0.25, 0.3) is 0 Å². The molecule has 0 radical (unpaired) electrons. The van der Waals surface area contributed by atoms with Crippen LogP contribution in [-0.4, -0.2) is 15.1 Å². The maximum atomic E-state index is 10.8. The molecule has 3 heterocycles. The van der Waals surface area contributed by atoms with E-state index in [1.807, 2.05) is 42.6 Å². The minimum atomic E-state index is 0.214. The molecule has 3 aromatic heterocycles. The van der Waals surface area contributed by atoms with Crippen LogP contribution in [0.15, 0.2) is 146 Å². The van der Waals surface area contributed by atoms with E-state index in [0.717, 1.165) is 49.6 Å². The molecule has 5 heteroatoms. The minimum Gasteiger partial charge on any atom is -0.507 e. The van der Waals surface area contributed by atoms with Gasteiger partial charge in [0.15, 0.2) is 0 Å². The maximum absolute atomic E-state index is 10.8. The van der Waals surface area contributed by atoms with E-state index in [1.54, 1.807) is 17.4 Å². The molecule has 0 saturated carbocycles. The van der Waals surface area contributed by atoms with Gasteiger partial charge in [0, 0.05) is 43.9 Å². The van der Waals surface area contributed by atoms with Crippen molar-refractivity contribution < 1.29 is 5.11 Å². The third-order valence-electron chi connectivity index (χ3n) is 7.81. The standard InChI is InChI=1S/C38H25N3OS/c42-34-19-5-3-17-30(34)32-24-31-29-16-4-6-20-35(29)43-38(31)37(40-32)26-13-9-14-27(23-26)41(36-21-7-8-22-39-36)33-18-10-12-25-11-1-2-15-28(25)33/h1-24,42H. The van der Waals surface area contributed by atoms with Gasteiger partial charge in [-0.05, 0) is 60.0 Å².